The Bertz CT molecular complexity index is 782. The quantitative estimate of drug-likeness (QED) is 0.752. The van der Waals surface area contributed by atoms with Crippen LogP contribution in [0.25, 0.3) is 22.2 Å². The van der Waals surface area contributed by atoms with Gasteiger partial charge in [0, 0.05) is 17.1 Å². The third kappa shape index (κ3) is 1.93. The number of fused-ring (bicyclic) bond motifs is 1. The van der Waals surface area contributed by atoms with Gasteiger partial charge in [0.1, 0.15) is 0 Å². The Morgan fingerprint density at radius 2 is 1.94 bits per heavy atom. The van der Waals surface area contributed by atoms with Gasteiger partial charge in [0.15, 0.2) is 0 Å². The van der Waals surface area contributed by atoms with E-state index in [4.69, 9.17) is 0 Å². The largest absolute Gasteiger partial charge is 0.327 e. The van der Waals surface area contributed by atoms with Crippen molar-refractivity contribution in [3.8, 4) is 11.3 Å². The highest BCUT2D eigenvalue weighted by atomic mass is 79.9. The molecule has 2 aromatic heterocycles. The van der Waals surface area contributed by atoms with E-state index in [1.54, 1.807) is 12.3 Å². The molecule has 0 aliphatic heterocycles. The number of hydrogen-bond donors (Lipinski definition) is 1. The number of rotatable bonds is 1. The Hall–Kier alpha value is -2.01. The molecular weight excluding hydrogens is 294 g/mol. The predicted molar refractivity (Wildman–Crippen MR) is 73.3 cm³/mol. The lowest BCUT2D eigenvalue weighted by Crippen LogP contribution is -2.05. The van der Waals surface area contributed by atoms with Gasteiger partial charge in [-0.3, -0.25) is 4.79 Å². The third-order valence-electron chi connectivity index (χ3n) is 2.65. The summed E-state index contributed by atoms with van der Waals surface area (Å²) in [4.78, 5) is 13.9. The highest BCUT2D eigenvalue weighted by molar-refractivity contribution is 9.10. The van der Waals surface area contributed by atoms with Crippen molar-refractivity contribution >= 4 is 26.8 Å². The van der Waals surface area contributed by atoms with Crippen LogP contribution in [0.1, 0.15) is 0 Å². The molecule has 3 rings (SSSR count). The number of hydrogen-bond acceptors (Lipinski definition) is 3. The van der Waals surface area contributed by atoms with E-state index < -0.39 is 0 Å². The van der Waals surface area contributed by atoms with Crippen molar-refractivity contribution in [2.75, 3.05) is 0 Å². The van der Waals surface area contributed by atoms with Crippen molar-refractivity contribution in [3.63, 3.8) is 0 Å². The predicted octanol–water partition coefficient (Wildman–Crippen LogP) is 2.75. The minimum Gasteiger partial charge on any atom is -0.327 e. The second kappa shape index (κ2) is 4.34. The maximum absolute atomic E-state index is 11.3. The highest BCUT2D eigenvalue weighted by Crippen LogP contribution is 2.20. The zero-order chi connectivity index (χ0) is 12.5. The maximum Gasteiger partial charge on any atom is 0.262 e. The number of benzene rings is 1. The maximum atomic E-state index is 11.3. The smallest absolute Gasteiger partial charge is 0.262 e. The van der Waals surface area contributed by atoms with Gasteiger partial charge in [-0.25, -0.2) is 0 Å². The summed E-state index contributed by atoms with van der Waals surface area (Å²) in [5.41, 5.74) is 2.24. The Morgan fingerprint density at radius 3 is 2.78 bits per heavy atom. The molecule has 4 nitrogen and oxygen atoms in total. The van der Waals surface area contributed by atoms with E-state index in [1.807, 2.05) is 30.3 Å². The van der Waals surface area contributed by atoms with Gasteiger partial charge in [0.2, 0.25) is 0 Å². The Labute approximate surface area is 111 Å². The summed E-state index contributed by atoms with van der Waals surface area (Å²) in [6, 6.07) is 11.5. The van der Waals surface area contributed by atoms with Crippen LogP contribution in [-0.4, -0.2) is 15.2 Å². The van der Waals surface area contributed by atoms with E-state index in [0.29, 0.717) is 4.47 Å². The van der Waals surface area contributed by atoms with Crippen LogP contribution in [0.4, 0.5) is 0 Å². The molecule has 18 heavy (non-hydrogen) atoms. The van der Waals surface area contributed by atoms with Crippen LogP contribution in [0.2, 0.25) is 0 Å². The monoisotopic (exact) mass is 301 g/mol. The molecule has 0 fully saturated rings. The van der Waals surface area contributed by atoms with E-state index in [9.17, 15) is 4.79 Å². The molecule has 1 N–H and O–H groups in total. The fourth-order valence-electron chi connectivity index (χ4n) is 1.73. The van der Waals surface area contributed by atoms with Crippen molar-refractivity contribution in [3.05, 3.63) is 57.4 Å². The number of H-pyrrole nitrogens is 1. The van der Waals surface area contributed by atoms with Crippen molar-refractivity contribution in [1.29, 1.82) is 0 Å². The molecule has 0 amide bonds. The standard InChI is InChI=1S/C13H8BrN3O/c14-10-5-9(7-15-13(10)18)12-6-8-3-1-2-4-11(8)16-17-12/h1-7H,(H,15,18). The average Bonchev–Trinajstić information content (AvgIpc) is 2.41. The number of aromatic amines is 1. The molecule has 0 aliphatic carbocycles. The molecule has 2 heterocycles. The normalized spacial score (nSPS) is 10.7. The van der Waals surface area contributed by atoms with E-state index in [-0.39, 0.29) is 5.56 Å². The van der Waals surface area contributed by atoms with Crippen molar-refractivity contribution in [2.24, 2.45) is 0 Å². The summed E-state index contributed by atoms with van der Waals surface area (Å²) in [7, 11) is 0. The number of nitrogens with one attached hydrogen (secondary N) is 1. The molecule has 0 spiro atoms. The molecular formula is C13H8BrN3O. The topological polar surface area (TPSA) is 58.6 Å². The first-order valence-corrected chi connectivity index (χ1v) is 6.14. The second-order valence-corrected chi connectivity index (χ2v) is 4.71. The fourth-order valence-corrected chi connectivity index (χ4v) is 2.09. The zero-order valence-corrected chi connectivity index (χ0v) is 10.8. The lowest BCUT2D eigenvalue weighted by Gasteiger charge is -2.02. The SMILES string of the molecule is O=c1[nH]cc(-c2cc3ccccc3nn2)cc1Br. The van der Waals surface area contributed by atoms with E-state index in [2.05, 4.69) is 31.1 Å². The van der Waals surface area contributed by atoms with Gasteiger partial charge in [-0.2, -0.15) is 0 Å². The summed E-state index contributed by atoms with van der Waals surface area (Å²) in [5, 5.41) is 9.33. The Kier molecular flexibility index (Phi) is 2.68. The fraction of sp³-hybridized carbons (Fsp3) is 0. The van der Waals surface area contributed by atoms with Crippen molar-refractivity contribution in [2.45, 2.75) is 0 Å². The van der Waals surface area contributed by atoms with Gasteiger partial charge in [-0.1, -0.05) is 18.2 Å². The molecule has 0 radical (unpaired) electrons. The summed E-state index contributed by atoms with van der Waals surface area (Å²) < 4.78 is 0.481. The summed E-state index contributed by atoms with van der Waals surface area (Å²) in [6.07, 6.45) is 1.63. The van der Waals surface area contributed by atoms with Gasteiger partial charge < -0.3 is 4.98 Å². The molecule has 0 aliphatic rings. The first kappa shape index (κ1) is 11.1. The van der Waals surface area contributed by atoms with Crippen LogP contribution in [0, 0.1) is 0 Å². The molecule has 0 saturated heterocycles. The van der Waals surface area contributed by atoms with Crippen molar-refractivity contribution < 1.29 is 0 Å². The van der Waals surface area contributed by atoms with Gasteiger partial charge >= 0.3 is 0 Å². The highest BCUT2D eigenvalue weighted by Gasteiger charge is 2.04. The van der Waals surface area contributed by atoms with Crippen LogP contribution in [-0.2, 0) is 0 Å². The molecule has 0 unspecified atom stereocenters. The molecule has 3 aromatic rings. The lowest BCUT2D eigenvalue weighted by atomic mass is 10.1. The molecule has 88 valence electrons. The van der Waals surface area contributed by atoms with Crippen LogP contribution in [0.3, 0.4) is 0 Å². The molecule has 0 saturated carbocycles. The number of aromatic nitrogens is 3. The Balaban J connectivity index is 2.19. The molecule has 1 aromatic carbocycles. The molecule has 0 bridgehead atoms. The summed E-state index contributed by atoms with van der Waals surface area (Å²) in [6.45, 7) is 0. The van der Waals surface area contributed by atoms with Crippen LogP contribution in [0.5, 0.6) is 0 Å². The first-order chi connectivity index (χ1) is 8.74. The van der Waals surface area contributed by atoms with E-state index in [1.165, 1.54) is 0 Å². The summed E-state index contributed by atoms with van der Waals surface area (Å²) >= 11 is 3.20. The lowest BCUT2D eigenvalue weighted by molar-refractivity contribution is 1.08. The molecule has 0 atom stereocenters. The van der Waals surface area contributed by atoms with E-state index in [0.717, 1.165) is 22.2 Å². The van der Waals surface area contributed by atoms with Crippen LogP contribution in [0.15, 0.2) is 51.9 Å². The Morgan fingerprint density at radius 1 is 1.11 bits per heavy atom. The zero-order valence-electron chi connectivity index (χ0n) is 9.22. The van der Waals surface area contributed by atoms with Crippen LogP contribution < -0.4 is 5.56 Å². The van der Waals surface area contributed by atoms with Crippen molar-refractivity contribution in [1.82, 2.24) is 15.2 Å². The van der Waals surface area contributed by atoms with Gasteiger partial charge in [-0.05, 0) is 34.1 Å². The number of pyridine rings is 1. The van der Waals surface area contributed by atoms with Crippen LogP contribution >= 0.6 is 15.9 Å². The second-order valence-electron chi connectivity index (χ2n) is 3.85. The first-order valence-electron chi connectivity index (χ1n) is 5.35. The average molecular weight is 302 g/mol. The summed E-state index contributed by atoms with van der Waals surface area (Å²) in [5.74, 6) is 0. The van der Waals surface area contributed by atoms with Gasteiger partial charge in [0.25, 0.3) is 5.56 Å². The van der Waals surface area contributed by atoms with Gasteiger partial charge in [-0.15, -0.1) is 10.2 Å². The minimum absolute atomic E-state index is 0.160. The number of nitrogens with zero attached hydrogens (tertiary/aromatic N) is 2. The molecule has 5 heteroatoms. The minimum atomic E-state index is -0.160. The third-order valence-corrected chi connectivity index (χ3v) is 3.24. The van der Waals surface area contributed by atoms with E-state index >= 15 is 0 Å². The van der Waals surface area contributed by atoms with Gasteiger partial charge in [0.05, 0.1) is 15.7 Å². The number of halogens is 1.